The molecule has 0 amide bonds. The summed E-state index contributed by atoms with van der Waals surface area (Å²) in [5, 5.41) is 0.622. The summed E-state index contributed by atoms with van der Waals surface area (Å²) in [7, 11) is 0. The van der Waals surface area contributed by atoms with Crippen molar-refractivity contribution in [1.82, 2.24) is 4.98 Å². The number of ether oxygens (including phenoxy) is 1. The Kier molecular flexibility index (Phi) is 3.27. The van der Waals surface area contributed by atoms with Gasteiger partial charge in [0, 0.05) is 11.9 Å². The summed E-state index contributed by atoms with van der Waals surface area (Å²) >= 11 is 5.73. The highest BCUT2D eigenvalue weighted by Crippen LogP contribution is 2.15. The molecule has 3 nitrogen and oxygen atoms in total. The van der Waals surface area contributed by atoms with E-state index in [0.29, 0.717) is 11.6 Å². The quantitative estimate of drug-likeness (QED) is 0.831. The zero-order chi connectivity index (χ0) is 11.4. The molecule has 2 N–H and O–H groups in total. The molecule has 0 spiro atoms. The Labute approximate surface area is 98.8 Å². The third-order valence-corrected chi connectivity index (χ3v) is 2.28. The number of benzene rings is 1. The summed E-state index contributed by atoms with van der Waals surface area (Å²) in [6.45, 7) is 0.418. The molecular weight excluding hydrogens is 224 g/mol. The fourth-order valence-corrected chi connectivity index (χ4v) is 1.32. The molecule has 1 aromatic carbocycles. The number of rotatable bonds is 3. The number of pyridine rings is 1. The fraction of sp³-hybridized carbons (Fsp3) is 0.0833. The van der Waals surface area contributed by atoms with Crippen molar-refractivity contribution < 1.29 is 4.74 Å². The van der Waals surface area contributed by atoms with Gasteiger partial charge in [0.25, 0.3) is 0 Å². The van der Waals surface area contributed by atoms with Crippen LogP contribution in [0.1, 0.15) is 5.69 Å². The van der Waals surface area contributed by atoms with E-state index in [0.717, 1.165) is 17.1 Å². The lowest BCUT2D eigenvalue weighted by atomic mass is 10.3. The summed E-state index contributed by atoms with van der Waals surface area (Å²) < 4.78 is 5.53. The third-order valence-electron chi connectivity index (χ3n) is 2.06. The van der Waals surface area contributed by atoms with Crippen LogP contribution in [0.15, 0.2) is 42.6 Å². The van der Waals surface area contributed by atoms with E-state index < -0.39 is 0 Å². The molecular formula is C12H11ClN2O. The lowest BCUT2D eigenvalue weighted by Crippen LogP contribution is -1.97. The topological polar surface area (TPSA) is 48.1 Å². The van der Waals surface area contributed by atoms with Crippen LogP contribution >= 0.6 is 11.6 Å². The molecule has 0 atom stereocenters. The van der Waals surface area contributed by atoms with Crippen LogP contribution in [0.4, 0.5) is 5.69 Å². The lowest BCUT2D eigenvalue weighted by molar-refractivity contribution is 0.301. The van der Waals surface area contributed by atoms with Crippen molar-refractivity contribution in [3.8, 4) is 5.75 Å². The number of halogens is 1. The smallest absolute Gasteiger partial charge is 0.130 e. The highest BCUT2D eigenvalue weighted by Gasteiger charge is 1.97. The van der Waals surface area contributed by atoms with E-state index in [1.54, 1.807) is 24.4 Å². The van der Waals surface area contributed by atoms with Gasteiger partial charge in [0.1, 0.15) is 12.4 Å². The molecule has 16 heavy (non-hydrogen) atoms. The minimum atomic E-state index is 0.418. The van der Waals surface area contributed by atoms with Gasteiger partial charge in [0.2, 0.25) is 0 Å². The number of hydrogen-bond acceptors (Lipinski definition) is 3. The zero-order valence-electron chi connectivity index (χ0n) is 8.56. The molecule has 0 aliphatic heterocycles. The van der Waals surface area contributed by atoms with Gasteiger partial charge in [0.05, 0.1) is 10.7 Å². The summed E-state index contributed by atoms with van der Waals surface area (Å²) in [6, 6.07) is 10.9. The molecule has 0 radical (unpaired) electrons. The monoisotopic (exact) mass is 234 g/mol. The van der Waals surface area contributed by atoms with Crippen LogP contribution in [0.5, 0.6) is 5.75 Å². The van der Waals surface area contributed by atoms with Crippen molar-refractivity contribution in [2.75, 3.05) is 5.73 Å². The van der Waals surface area contributed by atoms with E-state index in [1.807, 2.05) is 18.2 Å². The van der Waals surface area contributed by atoms with Gasteiger partial charge in [-0.2, -0.15) is 0 Å². The maximum Gasteiger partial charge on any atom is 0.130 e. The Balaban J connectivity index is 1.97. The first-order valence-electron chi connectivity index (χ1n) is 4.83. The van der Waals surface area contributed by atoms with Crippen LogP contribution in [0.3, 0.4) is 0 Å². The Morgan fingerprint density at radius 2 is 1.88 bits per heavy atom. The summed E-state index contributed by atoms with van der Waals surface area (Å²) in [4.78, 5) is 4.13. The highest BCUT2D eigenvalue weighted by molar-refractivity contribution is 6.30. The maximum atomic E-state index is 5.73. The molecule has 2 rings (SSSR count). The van der Waals surface area contributed by atoms with E-state index in [1.165, 1.54) is 0 Å². The minimum Gasteiger partial charge on any atom is -0.487 e. The summed E-state index contributed by atoms with van der Waals surface area (Å²) in [6.07, 6.45) is 1.60. The van der Waals surface area contributed by atoms with Gasteiger partial charge in [-0.1, -0.05) is 11.6 Å². The van der Waals surface area contributed by atoms with E-state index in [4.69, 9.17) is 22.1 Å². The standard InChI is InChI=1S/C12H11ClN2O/c13-9-1-4-11(15-7-9)8-16-12-5-2-10(14)3-6-12/h1-7H,8,14H2. The number of aromatic nitrogens is 1. The van der Waals surface area contributed by atoms with Crippen molar-refractivity contribution in [3.05, 3.63) is 53.3 Å². The van der Waals surface area contributed by atoms with E-state index in [2.05, 4.69) is 4.98 Å². The largest absolute Gasteiger partial charge is 0.487 e. The van der Waals surface area contributed by atoms with Crippen molar-refractivity contribution in [3.63, 3.8) is 0 Å². The van der Waals surface area contributed by atoms with Gasteiger partial charge >= 0.3 is 0 Å². The van der Waals surface area contributed by atoms with Crippen molar-refractivity contribution in [2.45, 2.75) is 6.61 Å². The molecule has 2 aromatic rings. The third kappa shape index (κ3) is 2.87. The van der Waals surface area contributed by atoms with E-state index >= 15 is 0 Å². The Hall–Kier alpha value is -1.74. The van der Waals surface area contributed by atoms with Crippen molar-refractivity contribution >= 4 is 17.3 Å². The molecule has 0 saturated heterocycles. The van der Waals surface area contributed by atoms with Gasteiger partial charge in [-0.25, -0.2) is 0 Å². The average Bonchev–Trinajstić information content (AvgIpc) is 2.30. The number of nitrogens with zero attached hydrogens (tertiary/aromatic N) is 1. The van der Waals surface area contributed by atoms with Gasteiger partial charge in [-0.3, -0.25) is 4.98 Å². The van der Waals surface area contributed by atoms with E-state index in [-0.39, 0.29) is 0 Å². The Morgan fingerprint density at radius 1 is 1.12 bits per heavy atom. The predicted octanol–water partition coefficient (Wildman–Crippen LogP) is 2.90. The zero-order valence-corrected chi connectivity index (χ0v) is 9.32. The predicted molar refractivity (Wildman–Crippen MR) is 64.4 cm³/mol. The van der Waals surface area contributed by atoms with Gasteiger partial charge < -0.3 is 10.5 Å². The SMILES string of the molecule is Nc1ccc(OCc2ccc(Cl)cn2)cc1. The second kappa shape index (κ2) is 4.86. The normalized spacial score (nSPS) is 10.1. The molecule has 1 aromatic heterocycles. The van der Waals surface area contributed by atoms with Gasteiger partial charge in [-0.15, -0.1) is 0 Å². The van der Waals surface area contributed by atoms with Crippen LogP contribution in [0.2, 0.25) is 5.02 Å². The van der Waals surface area contributed by atoms with Crippen LogP contribution in [-0.4, -0.2) is 4.98 Å². The maximum absolute atomic E-state index is 5.73. The second-order valence-electron chi connectivity index (χ2n) is 3.33. The molecule has 0 saturated carbocycles. The first-order chi connectivity index (χ1) is 7.74. The molecule has 0 aliphatic rings. The molecule has 0 fully saturated rings. The minimum absolute atomic E-state index is 0.418. The van der Waals surface area contributed by atoms with Crippen molar-refractivity contribution in [2.24, 2.45) is 0 Å². The van der Waals surface area contributed by atoms with Crippen LogP contribution in [0, 0.1) is 0 Å². The molecule has 82 valence electrons. The van der Waals surface area contributed by atoms with Crippen LogP contribution in [-0.2, 0) is 6.61 Å². The number of nitrogen functional groups attached to an aromatic ring is 1. The number of hydrogen-bond donors (Lipinski definition) is 1. The molecule has 1 heterocycles. The molecule has 4 heteroatoms. The first kappa shape index (κ1) is 10.8. The van der Waals surface area contributed by atoms with Gasteiger partial charge in [-0.05, 0) is 36.4 Å². The van der Waals surface area contributed by atoms with Crippen LogP contribution < -0.4 is 10.5 Å². The molecule has 0 bridgehead atoms. The van der Waals surface area contributed by atoms with Gasteiger partial charge in [0.15, 0.2) is 0 Å². The number of anilines is 1. The fourth-order valence-electron chi connectivity index (χ4n) is 1.21. The van der Waals surface area contributed by atoms with Crippen LogP contribution in [0.25, 0.3) is 0 Å². The van der Waals surface area contributed by atoms with Crippen molar-refractivity contribution in [1.29, 1.82) is 0 Å². The number of nitrogens with two attached hydrogens (primary N) is 1. The van der Waals surface area contributed by atoms with E-state index in [9.17, 15) is 0 Å². The summed E-state index contributed by atoms with van der Waals surface area (Å²) in [5.74, 6) is 0.769. The summed E-state index contributed by atoms with van der Waals surface area (Å²) in [5.41, 5.74) is 7.12. The Morgan fingerprint density at radius 3 is 2.50 bits per heavy atom. The second-order valence-corrected chi connectivity index (χ2v) is 3.76. The molecule has 0 aliphatic carbocycles. The Bertz CT molecular complexity index is 408. The molecule has 0 unspecified atom stereocenters. The first-order valence-corrected chi connectivity index (χ1v) is 5.20. The highest BCUT2D eigenvalue weighted by atomic mass is 35.5. The lowest BCUT2D eigenvalue weighted by Gasteiger charge is -2.05. The average molecular weight is 235 g/mol.